The van der Waals surface area contributed by atoms with E-state index < -0.39 is 0 Å². The van der Waals surface area contributed by atoms with Crippen LogP contribution in [0.15, 0.2) is 54.1 Å². The Labute approximate surface area is 131 Å². The van der Waals surface area contributed by atoms with Gasteiger partial charge in [0.05, 0.1) is 6.61 Å². The summed E-state index contributed by atoms with van der Waals surface area (Å²) in [6, 6.07) is 9.29. The van der Waals surface area contributed by atoms with Crippen LogP contribution in [0.2, 0.25) is 0 Å². The minimum Gasteiger partial charge on any atom is -0.466 e. The summed E-state index contributed by atoms with van der Waals surface area (Å²) in [5, 5.41) is 0. The third kappa shape index (κ3) is 4.17. The zero-order valence-electron chi connectivity index (χ0n) is 13.1. The lowest BCUT2D eigenvalue weighted by Crippen LogP contribution is -2.16. The third-order valence-electron chi connectivity index (χ3n) is 3.93. The number of hydrogen-bond donors (Lipinski definition) is 0. The highest BCUT2D eigenvalue weighted by atomic mass is 16.5. The van der Waals surface area contributed by atoms with Crippen molar-refractivity contribution in [2.24, 2.45) is 11.8 Å². The standard InChI is InChI=1S/C19H22O3/c1-3-22-18(20)12-11-15-9-10-17(13-14(15)2)19(21)16-7-5-4-6-8-16/h4-10,13-15H,3,11-12H2,1-2H3. The maximum Gasteiger partial charge on any atom is 0.305 e. The van der Waals surface area contributed by atoms with E-state index >= 15 is 0 Å². The Bertz CT molecular complexity index is 584. The molecule has 0 amide bonds. The number of carbonyl (C=O) groups excluding carboxylic acids is 2. The van der Waals surface area contributed by atoms with Crippen LogP contribution in [0.1, 0.15) is 37.0 Å². The summed E-state index contributed by atoms with van der Waals surface area (Å²) in [5.74, 6) is 0.407. The maximum absolute atomic E-state index is 12.4. The van der Waals surface area contributed by atoms with Crippen LogP contribution >= 0.6 is 0 Å². The van der Waals surface area contributed by atoms with Gasteiger partial charge in [-0.2, -0.15) is 0 Å². The van der Waals surface area contributed by atoms with Crippen molar-refractivity contribution in [3.05, 3.63) is 59.7 Å². The monoisotopic (exact) mass is 298 g/mol. The van der Waals surface area contributed by atoms with Crippen LogP contribution in [-0.4, -0.2) is 18.4 Å². The lowest BCUT2D eigenvalue weighted by molar-refractivity contribution is -0.143. The molecule has 1 aromatic rings. The van der Waals surface area contributed by atoms with Gasteiger partial charge in [-0.15, -0.1) is 0 Å². The maximum atomic E-state index is 12.4. The molecule has 0 aliphatic heterocycles. The fraction of sp³-hybridized carbons (Fsp3) is 0.368. The Balaban J connectivity index is 1.96. The Morgan fingerprint density at radius 2 is 1.91 bits per heavy atom. The number of allylic oxidation sites excluding steroid dienone is 4. The van der Waals surface area contributed by atoms with Crippen molar-refractivity contribution < 1.29 is 14.3 Å². The van der Waals surface area contributed by atoms with Gasteiger partial charge < -0.3 is 4.74 Å². The number of esters is 1. The molecule has 116 valence electrons. The van der Waals surface area contributed by atoms with Gasteiger partial charge in [-0.25, -0.2) is 0 Å². The molecule has 0 N–H and O–H groups in total. The van der Waals surface area contributed by atoms with Crippen molar-refractivity contribution in [1.82, 2.24) is 0 Å². The van der Waals surface area contributed by atoms with E-state index in [0.717, 1.165) is 12.0 Å². The second kappa shape index (κ2) is 7.74. The number of ketones is 1. The van der Waals surface area contributed by atoms with E-state index in [9.17, 15) is 9.59 Å². The Morgan fingerprint density at radius 3 is 2.55 bits per heavy atom. The lowest BCUT2D eigenvalue weighted by Gasteiger charge is -2.22. The first-order valence-corrected chi connectivity index (χ1v) is 7.77. The molecule has 1 aromatic carbocycles. The fourth-order valence-corrected chi connectivity index (χ4v) is 2.65. The van der Waals surface area contributed by atoms with Crippen LogP contribution < -0.4 is 0 Å². The van der Waals surface area contributed by atoms with Crippen LogP contribution in [0.25, 0.3) is 0 Å². The minimum atomic E-state index is -0.154. The van der Waals surface area contributed by atoms with Crippen molar-refractivity contribution in [1.29, 1.82) is 0 Å². The van der Waals surface area contributed by atoms with Crippen LogP contribution in [0.4, 0.5) is 0 Å². The molecule has 3 nitrogen and oxygen atoms in total. The fourth-order valence-electron chi connectivity index (χ4n) is 2.65. The number of rotatable bonds is 6. The number of benzene rings is 1. The summed E-state index contributed by atoms with van der Waals surface area (Å²) < 4.78 is 4.95. The summed E-state index contributed by atoms with van der Waals surface area (Å²) in [6.45, 7) is 4.31. The van der Waals surface area contributed by atoms with Gasteiger partial charge >= 0.3 is 5.97 Å². The van der Waals surface area contributed by atoms with Crippen LogP contribution in [0.3, 0.4) is 0 Å². The SMILES string of the molecule is CCOC(=O)CCC1C=CC(C(=O)c2ccccc2)=CC1C. The summed E-state index contributed by atoms with van der Waals surface area (Å²) in [5.41, 5.74) is 1.43. The summed E-state index contributed by atoms with van der Waals surface area (Å²) in [7, 11) is 0. The van der Waals surface area contributed by atoms with Crippen LogP contribution in [-0.2, 0) is 9.53 Å². The molecule has 0 saturated heterocycles. The molecule has 2 atom stereocenters. The Morgan fingerprint density at radius 1 is 1.18 bits per heavy atom. The molecule has 2 rings (SSSR count). The molecule has 3 heteroatoms. The summed E-state index contributed by atoms with van der Waals surface area (Å²) >= 11 is 0. The predicted molar refractivity (Wildman–Crippen MR) is 86.5 cm³/mol. The molecular weight excluding hydrogens is 276 g/mol. The zero-order valence-corrected chi connectivity index (χ0v) is 13.1. The van der Waals surface area contributed by atoms with Crippen molar-refractivity contribution in [3.63, 3.8) is 0 Å². The minimum absolute atomic E-state index is 0.0487. The highest BCUT2D eigenvalue weighted by molar-refractivity contribution is 6.10. The van der Waals surface area contributed by atoms with E-state index in [1.54, 1.807) is 0 Å². The molecular formula is C19H22O3. The lowest BCUT2D eigenvalue weighted by atomic mass is 9.82. The van der Waals surface area contributed by atoms with Gasteiger partial charge in [0.1, 0.15) is 0 Å². The average Bonchev–Trinajstić information content (AvgIpc) is 2.54. The van der Waals surface area contributed by atoms with Gasteiger partial charge in [0.2, 0.25) is 0 Å². The molecule has 0 spiro atoms. The molecule has 0 radical (unpaired) electrons. The van der Waals surface area contributed by atoms with Crippen molar-refractivity contribution in [3.8, 4) is 0 Å². The van der Waals surface area contributed by atoms with E-state index in [4.69, 9.17) is 4.74 Å². The van der Waals surface area contributed by atoms with Crippen LogP contribution in [0, 0.1) is 11.8 Å². The van der Waals surface area contributed by atoms with E-state index in [1.165, 1.54) is 0 Å². The molecule has 0 fully saturated rings. The molecule has 1 aliphatic carbocycles. The zero-order chi connectivity index (χ0) is 15.9. The number of ether oxygens (including phenoxy) is 1. The topological polar surface area (TPSA) is 43.4 Å². The molecule has 22 heavy (non-hydrogen) atoms. The van der Waals surface area contributed by atoms with Crippen molar-refractivity contribution in [2.45, 2.75) is 26.7 Å². The number of carbonyl (C=O) groups is 2. The number of hydrogen-bond acceptors (Lipinski definition) is 3. The van der Waals surface area contributed by atoms with Gasteiger partial charge in [-0.05, 0) is 25.2 Å². The second-order valence-corrected chi connectivity index (χ2v) is 5.54. The summed E-state index contributed by atoms with van der Waals surface area (Å²) in [6.07, 6.45) is 7.10. The molecule has 1 aliphatic rings. The first kappa shape index (κ1) is 16.2. The normalized spacial score (nSPS) is 20.4. The second-order valence-electron chi connectivity index (χ2n) is 5.54. The highest BCUT2D eigenvalue weighted by Gasteiger charge is 2.21. The van der Waals surface area contributed by atoms with Gasteiger partial charge in [0, 0.05) is 17.6 Å². The van der Waals surface area contributed by atoms with E-state index in [-0.39, 0.29) is 23.6 Å². The largest absolute Gasteiger partial charge is 0.466 e. The Hall–Kier alpha value is -2.16. The van der Waals surface area contributed by atoms with E-state index in [0.29, 0.717) is 18.6 Å². The summed E-state index contributed by atoms with van der Waals surface area (Å²) in [4.78, 5) is 23.8. The van der Waals surface area contributed by atoms with Gasteiger partial charge in [0.15, 0.2) is 5.78 Å². The van der Waals surface area contributed by atoms with Gasteiger partial charge in [-0.3, -0.25) is 9.59 Å². The highest BCUT2D eigenvalue weighted by Crippen LogP contribution is 2.28. The Kier molecular flexibility index (Phi) is 5.70. The molecule has 0 aromatic heterocycles. The van der Waals surface area contributed by atoms with Crippen molar-refractivity contribution >= 4 is 11.8 Å². The third-order valence-corrected chi connectivity index (χ3v) is 3.93. The van der Waals surface area contributed by atoms with E-state index in [1.807, 2.05) is 55.5 Å². The number of Topliss-reactive ketones (excluding diaryl/α,β-unsaturated/α-hetero) is 1. The van der Waals surface area contributed by atoms with Gasteiger partial charge in [-0.1, -0.05) is 55.5 Å². The smallest absolute Gasteiger partial charge is 0.305 e. The molecule has 0 saturated carbocycles. The first-order chi connectivity index (χ1) is 10.6. The molecule has 0 heterocycles. The predicted octanol–water partition coefficient (Wildman–Crippen LogP) is 3.96. The quantitative estimate of drug-likeness (QED) is 0.590. The first-order valence-electron chi connectivity index (χ1n) is 7.77. The van der Waals surface area contributed by atoms with E-state index in [2.05, 4.69) is 6.92 Å². The average molecular weight is 298 g/mol. The molecule has 0 bridgehead atoms. The molecule has 2 unspecified atom stereocenters. The van der Waals surface area contributed by atoms with Crippen LogP contribution in [0.5, 0.6) is 0 Å². The van der Waals surface area contributed by atoms with Gasteiger partial charge in [0.25, 0.3) is 0 Å². The van der Waals surface area contributed by atoms with Crippen molar-refractivity contribution in [2.75, 3.05) is 6.61 Å².